The molecule has 0 aliphatic heterocycles. The second kappa shape index (κ2) is 8.67. The molecule has 0 saturated carbocycles. The number of hydroxylamine groups is 1. The first-order valence-corrected chi connectivity index (χ1v) is 8.52. The van der Waals surface area contributed by atoms with Crippen molar-refractivity contribution in [3.63, 3.8) is 0 Å². The summed E-state index contributed by atoms with van der Waals surface area (Å²) in [5.41, 5.74) is 3.61. The van der Waals surface area contributed by atoms with Crippen LogP contribution in [0.3, 0.4) is 0 Å². The molecule has 0 aliphatic rings. The maximum absolute atomic E-state index is 14.3. The minimum absolute atomic E-state index is 0.00916. The van der Waals surface area contributed by atoms with Gasteiger partial charge in [0.1, 0.15) is 6.61 Å². The average Bonchev–Trinajstić information content (AvgIpc) is 2.66. The van der Waals surface area contributed by atoms with Gasteiger partial charge in [0.25, 0.3) is 0 Å². The highest BCUT2D eigenvalue weighted by Gasteiger charge is 2.20. The lowest BCUT2D eigenvalue weighted by atomic mass is 10.0. The van der Waals surface area contributed by atoms with E-state index in [2.05, 4.69) is 4.74 Å². The highest BCUT2D eigenvalue weighted by atomic mass is 19.1. The molecule has 0 aromatic heterocycles. The number of carbonyl (C=O) groups is 1. The van der Waals surface area contributed by atoms with E-state index in [1.165, 1.54) is 13.2 Å². The summed E-state index contributed by atoms with van der Waals surface area (Å²) in [7, 11) is 1.18. The Labute approximate surface area is 152 Å². The summed E-state index contributed by atoms with van der Waals surface area (Å²) in [6, 6.07) is 8.32. The first-order chi connectivity index (χ1) is 12.4. The molecule has 5 nitrogen and oxygen atoms in total. The molecule has 0 aliphatic carbocycles. The number of ether oxygens (including phenoxy) is 2. The van der Waals surface area contributed by atoms with E-state index < -0.39 is 11.9 Å². The number of nitrogens with zero attached hydrogens (tertiary/aromatic N) is 1. The van der Waals surface area contributed by atoms with Crippen LogP contribution in [-0.2, 0) is 24.2 Å². The zero-order valence-electron chi connectivity index (χ0n) is 15.5. The topological polar surface area (TPSA) is 59.0 Å². The van der Waals surface area contributed by atoms with E-state index in [4.69, 9.17) is 4.74 Å². The summed E-state index contributed by atoms with van der Waals surface area (Å²) in [5, 5.41) is 10.5. The molecule has 0 fully saturated rings. The third kappa shape index (κ3) is 4.14. The van der Waals surface area contributed by atoms with E-state index in [1.54, 1.807) is 18.2 Å². The Morgan fingerprint density at radius 1 is 1.19 bits per heavy atom. The molecule has 1 amide bonds. The molecule has 0 saturated heterocycles. The van der Waals surface area contributed by atoms with Gasteiger partial charge in [-0.15, -0.1) is 0 Å². The van der Waals surface area contributed by atoms with Crippen LogP contribution in [0.2, 0.25) is 0 Å². The second-order valence-electron chi connectivity index (χ2n) is 5.90. The molecule has 6 heteroatoms. The van der Waals surface area contributed by atoms with Crippen LogP contribution >= 0.6 is 0 Å². The van der Waals surface area contributed by atoms with Crippen molar-refractivity contribution in [3.8, 4) is 5.75 Å². The number of rotatable bonds is 6. The van der Waals surface area contributed by atoms with Crippen molar-refractivity contribution in [3.05, 3.63) is 58.4 Å². The number of amides is 1. The monoisotopic (exact) mass is 361 g/mol. The van der Waals surface area contributed by atoms with Gasteiger partial charge in [-0.05, 0) is 54.7 Å². The molecule has 1 N–H and O–H groups in total. The SMILES string of the molecule is CCc1cc(F)c(OCc2c(CC)cccc2N(O)C(=O)OC)cc1C. The van der Waals surface area contributed by atoms with E-state index in [0.717, 1.165) is 23.1 Å². The highest BCUT2D eigenvalue weighted by Crippen LogP contribution is 2.28. The maximum Gasteiger partial charge on any atom is 0.438 e. The van der Waals surface area contributed by atoms with Gasteiger partial charge in [0.2, 0.25) is 0 Å². The lowest BCUT2D eigenvalue weighted by molar-refractivity contribution is 0.140. The van der Waals surface area contributed by atoms with Crippen LogP contribution in [-0.4, -0.2) is 18.4 Å². The van der Waals surface area contributed by atoms with Crippen LogP contribution in [0.25, 0.3) is 0 Å². The molecule has 2 aromatic carbocycles. The molecule has 0 bridgehead atoms. The number of anilines is 1. The Bertz CT molecular complexity index is 792. The third-order valence-corrected chi connectivity index (χ3v) is 4.35. The number of methoxy groups -OCH3 is 1. The molecule has 0 atom stereocenters. The molecule has 0 radical (unpaired) electrons. The van der Waals surface area contributed by atoms with Crippen molar-refractivity contribution in [1.29, 1.82) is 0 Å². The number of benzene rings is 2. The summed E-state index contributed by atoms with van der Waals surface area (Å²) in [6.07, 6.45) is 0.497. The van der Waals surface area contributed by atoms with Crippen LogP contribution < -0.4 is 9.80 Å². The normalized spacial score (nSPS) is 10.5. The van der Waals surface area contributed by atoms with E-state index >= 15 is 0 Å². The van der Waals surface area contributed by atoms with Gasteiger partial charge in [-0.1, -0.05) is 26.0 Å². The van der Waals surface area contributed by atoms with Crippen molar-refractivity contribution in [2.45, 2.75) is 40.2 Å². The Hall–Kier alpha value is -2.60. The number of aryl methyl sites for hydroxylation is 3. The minimum atomic E-state index is -0.908. The first kappa shape index (κ1) is 19.7. The molecule has 0 heterocycles. The van der Waals surface area contributed by atoms with Crippen LogP contribution in [0.5, 0.6) is 5.75 Å². The fourth-order valence-electron chi connectivity index (χ4n) is 2.84. The zero-order valence-corrected chi connectivity index (χ0v) is 15.5. The highest BCUT2D eigenvalue weighted by molar-refractivity contribution is 5.86. The van der Waals surface area contributed by atoms with E-state index in [9.17, 15) is 14.4 Å². The standard InChI is InChI=1S/C20H24FNO4/c1-5-14-8-7-9-18(22(24)20(23)25-4)16(14)12-26-19-10-13(3)15(6-2)11-17(19)21/h7-11,24H,5-6,12H2,1-4H3. The lowest BCUT2D eigenvalue weighted by Crippen LogP contribution is -2.28. The summed E-state index contributed by atoms with van der Waals surface area (Å²) in [6.45, 7) is 5.83. The number of hydrogen-bond donors (Lipinski definition) is 1. The third-order valence-electron chi connectivity index (χ3n) is 4.35. The quantitative estimate of drug-likeness (QED) is 0.593. The van der Waals surface area contributed by atoms with Gasteiger partial charge < -0.3 is 9.47 Å². The summed E-state index contributed by atoms with van der Waals surface area (Å²) in [5.74, 6) is -0.295. The molecule has 0 unspecified atom stereocenters. The molecule has 2 rings (SSSR count). The van der Waals surface area contributed by atoms with Crippen molar-refractivity contribution in [1.82, 2.24) is 0 Å². The van der Waals surface area contributed by atoms with Gasteiger partial charge in [0, 0.05) is 5.56 Å². The van der Waals surface area contributed by atoms with Crippen molar-refractivity contribution in [2.75, 3.05) is 12.2 Å². The predicted molar refractivity (Wildman–Crippen MR) is 97.3 cm³/mol. The van der Waals surface area contributed by atoms with E-state index in [0.29, 0.717) is 17.0 Å². The molecule has 26 heavy (non-hydrogen) atoms. The van der Waals surface area contributed by atoms with E-state index in [1.807, 2.05) is 26.8 Å². The molecular weight excluding hydrogens is 337 g/mol. The van der Waals surface area contributed by atoms with Gasteiger partial charge in [-0.25, -0.2) is 9.18 Å². The predicted octanol–water partition coefficient (Wildman–Crippen LogP) is 4.80. The Balaban J connectivity index is 2.34. The van der Waals surface area contributed by atoms with Gasteiger partial charge >= 0.3 is 6.09 Å². The average molecular weight is 361 g/mol. The maximum atomic E-state index is 14.3. The molecule has 0 spiro atoms. The molecule has 140 valence electrons. The van der Waals surface area contributed by atoms with Crippen LogP contribution in [0.4, 0.5) is 14.9 Å². The number of halogens is 1. The van der Waals surface area contributed by atoms with Crippen LogP contribution in [0.1, 0.15) is 36.1 Å². The van der Waals surface area contributed by atoms with Gasteiger partial charge in [-0.3, -0.25) is 5.21 Å². The van der Waals surface area contributed by atoms with Crippen molar-refractivity contribution >= 4 is 11.8 Å². The molecule has 2 aromatic rings. The first-order valence-electron chi connectivity index (χ1n) is 8.52. The molecular formula is C20H24FNO4. The fraction of sp³-hybridized carbons (Fsp3) is 0.350. The van der Waals surface area contributed by atoms with Crippen molar-refractivity contribution < 1.29 is 23.9 Å². The Morgan fingerprint density at radius 2 is 1.88 bits per heavy atom. The summed E-state index contributed by atoms with van der Waals surface area (Å²) < 4.78 is 24.5. The van der Waals surface area contributed by atoms with E-state index in [-0.39, 0.29) is 18.0 Å². The van der Waals surface area contributed by atoms with Crippen molar-refractivity contribution in [2.24, 2.45) is 0 Å². The number of hydrogen-bond acceptors (Lipinski definition) is 4. The minimum Gasteiger partial charge on any atom is -0.486 e. The van der Waals surface area contributed by atoms with Crippen LogP contribution in [0.15, 0.2) is 30.3 Å². The lowest BCUT2D eigenvalue weighted by Gasteiger charge is -2.20. The number of carbonyl (C=O) groups excluding carboxylic acids is 1. The van der Waals surface area contributed by atoms with Gasteiger partial charge in [0.05, 0.1) is 12.8 Å². The van der Waals surface area contributed by atoms with Gasteiger partial charge in [0.15, 0.2) is 11.6 Å². The summed E-state index contributed by atoms with van der Waals surface area (Å²) in [4.78, 5) is 11.7. The zero-order chi connectivity index (χ0) is 19.3. The second-order valence-corrected chi connectivity index (χ2v) is 5.90. The summed E-state index contributed by atoms with van der Waals surface area (Å²) >= 11 is 0. The largest absolute Gasteiger partial charge is 0.486 e. The van der Waals surface area contributed by atoms with Gasteiger partial charge in [-0.2, -0.15) is 5.06 Å². The fourth-order valence-corrected chi connectivity index (χ4v) is 2.84. The smallest absolute Gasteiger partial charge is 0.438 e. The van der Waals surface area contributed by atoms with Crippen LogP contribution in [0, 0.1) is 12.7 Å². The Morgan fingerprint density at radius 3 is 2.50 bits per heavy atom. The Kier molecular flexibility index (Phi) is 6.58.